The number of aromatic hydroxyl groups is 1. The van der Waals surface area contributed by atoms with E-state index in [2.05, 4.69) is 6.92 Å². The molecule has 1 aromatic carbocycles. The molecule has 16 heavy (non-hydrogen) atoms. The molecule has 1 fully saturated rings. The molecule has 2 rings (SSSR count). The summed E-state index contributed by atoms with van der Waals surface area (Å²) < 4.78 is 11.3. The van der Waals surface area contributed by atoms with Gasteiger partial charge in [-0.05, 0) is 19.9 Å². The Morgan fingerprint density at radius 1 is 1.06 bits per heavy atom. The van der Waals surface area contributed by atoms with Crippen molar-refractivity contribution >= 4 is 0 Å². The third kappa shape index (κ3) is 2.06. The fourth-order valence-corrected chi connectivity index (χ4v) is 2.12. The molecule has 0 aromatic heterocycles. The minimum Gasteiger partial charge on any atom is -0.508 e. The fraction of sp³-hybridized carbons (Fsp3) is 0.538. The highest BCUT2D eigenvalue weighted by Gasteiger charge is 2.34. The number of hydrogen-bond acceptors (Lipinski definition) is 3. The van der Waals surface area contributed by atoms with E-state index in [4.69, 9.17) is 9.47 Å². The van der Waals surface area contributed by atoms with Crippen LogP contribution in [-0.2, 0) is 9.47 Å². The Morgan fingerprint density at radius 2 is 1.75 bits per heavy atom. The van der Waals surface area contributed by atoms with Crippen molar-refractivity contribution in [2.75, 3.05) is 0 Å². The summed E-state index contributed by atoms with van der Waals surface area (Å²) in [5.41, 5.74) is 0.844. The van der Waals surface area contributed by atoms with E-state index < -0.39 is 0 Å². The third-order valence-corrected chi connectivity index (χ3v) is 3.21. The molecule has 4 atom stereocenters. The molecule has 1 aromatic rings. The molecule has 0 saturated carbocycles. The quantitative estimate of drug-likeness (QED) is 0.794. The van der Waals surface area contributed by atoms with Crippen molar-refractivity contribution < 1.29 is 14.6 Å². The van der Waals surface area contributed by atoms with Crippen molar-refractivity contribution in [2.45, 2.75) is 39.3 Å². The number of phenols is 1. The fourth-order valence-electron chi connectivity index (χ4n) is 2.12. The maximum atomic E-state index is 9.83. The van der Waals surface area contributed by atoms with Crippen LogP contribution >= 0.6 is 0 Å². The average molecular weight is 222 g/mol. The van der Waals surface area contributed by atoms with E-state index in [9.17, 15) is 5.11 Å². The smallest absolute Gasteiger partial charge is 0.156 e. The van der Waals surface area contributed by atoms with Crippen LogP contribution in [0.15, 0.2) is 24.3 Å². The molecule has 0 aliphatic carbocycles. The van der Waals surface area contributed by atoms with Gasteiger partial charge in [-0.2, -0.15) is 0 Å². The lowest BCUT2D eigenvalue weighted by molar-refractivity contribution is -0.256. The standard InChI is InChI=1S/C13H18O3/c1-8-9(2)15-10(3)16-13(8)11-6-4-5-7-12(11)14/h4-10,13-14H,1-3H3/t8-,9-,10-,13+/m1/s1. The molecule has 88 valence electrons. The number of benzene rings is 1. The van der Waals surface area contributed by atoms with Gasteiger partial charge in [0.05, 0.1) is 12.2 Å². The normalized spacial score (nSPS) is 34.9. The van der Waals surface area contributed by atoms with Crippen LogP contribution in [0.5, 0.6) is 5.75 Å². The van der Waals surface area contributed by atoms with E-state index in [1.54, 1.807) is 6.07 Å². The van der Waals surface area contributed by atoms with Crippen molar-refractivity contribution in [2.24, 2.45) is 5.92 Å². The zero-order valence-electron chi connectivity index (χ0n) is 9.88. The van der Waals surface area contributed by atoms with Crippen LogP contribution in [0.4, 0.5) is 0 Å². The first-order valence-electron chi connectivity index (χ1n) is 5.68. The van der Waals surface area contributed by atoms with Gasteiger partial charge in [0.1, 0.15) is 5.75 Å². The summed E-state index contributed by atoms with van der Waals surface area (Å²) in [5, 5.41) is 9.83. The summed E-state index contributed by atoms with van der Waals surface area (Å²) in [6.07, 6.45) is -0.191. The summed E-state index contributed by atoms with van der Waals surface area (Å²) in [6.45, 7) is 6.00. The Balaban J connectivity index is 2.29. The first-order chi connectivity index (χ1) is 7.59. The van der Waals surface area contributed by atoms with E-state index in [-0.39, 0.29) is 24.4 Å². The van der Waals surface area contributed by atoms with Gasteiger partial charge in [-0.1, -0.05) is 25.1 Å². The lowest BCUT2D eigenvalue weighted by Crippen LogP contribution is -2.37. The number of ether oxygens (including phenoxy) is 2. The Hall–Kier alpha value is -1.06. The SMILES string of the molecule is C[C@H]1O[C@H](c2ccccc2O)[C@H](C)[C@@H](C)O1. The van der Waals surface area contributed by atoms with Gasteiger partial charge in [0, 0.05) is 11.5 Å². The zero-order valence-corrected chi connectivity index (χ0v) is 9.88. The summed E-state index contributed by atoms with van der Waals surface area (Å²) in [7, 11) is 0. The van der Waals surface area contributed by atoms with Crippen LogP contribution in [0, 0.1) is 5.92 Å². The average Bonchev–Trinajstić information content (AvgIpc) is 2.24. The van der Waals surface area contributed by atoms with Crippen LogP contribution < -0.4 is 0 Å². The topological polar surface area (TPSA) is 38.7 Å². The second-order valence-corrected chi connectivity index (χ2v) is 4.38. The third-order valence-electron chi connectivity index (χ3n) is 3.21. The molecule has 0 spiro atoms. The summed E-state index contributed by atoms with van der Waals surface area (Å²) in [5.74, 6) is 0.519. The van der Waals surface area contributed by atoms with Gasteiger partial charge in [0.15, 0.2) is 6.29 Å². The lowest BCUT2D eigenvalue weighted by atomic mass is 9.91. The van der Waals surface area contributed by atoms with Crippen molar-refractivity contribution in [1.82, 2.24) is 0 Å². The van der Waals surface area contributed by atoms with Gasteiger partial charge in [-0.25, -0.2) is 0 Å². The summed E-state index contributed by atoms with van der Waals surface area (Å²) >= 11 is 0. The molecule has 1 heterocycles. The molecular formula is C13H18O3. The highest BCUT2D eigenvalue weighted by molar-refractivity contribution is 5.34. The minimum absolute atomic E-state index is 0.0973. The molecule has 0 bridgehead atoms. The van der Waals surface area contributed by atoms with Crippen LogP contribution in [0.25, 0.3) is 0 Å². The number of phenolic OH excluding ortho intramolecular Hbond substituents is 1. The monoisotopic (exact) mass is 222 g/mol. The Bertz CT molecular complexity index is 364. The van der Waals surface area contributed by atoms with Gasteiger partial charge in [-0.15, -0.1) is 0 Å². The van der Waals surface area contributed by atoms with Gasteiger partial charge >= 0.3 is 0 Å². The van der Waals surface area contributed by atoms with Gasteiger partial charge in [0.25, 0.3) is 0 Å². The second-order valence-electron chi connectivity index (χ2n) is 4.38. The zero-order chi connectivity index (χ0) is 11.7. The number of para-hydroxylation sites is 1. The molecular weight excluding hydrogens is 204 g/mol. The van der Waals surface area contributed by atoms with Crippen molar-refractivity contribution in [3.05, 3.63) is 29.8 Å². The number of rotatable bonds is 1. The van der Waals surface area contributed by atoms with E-state index >= 15 is 0 Å². The van der Waals surface area contributed by atoms with Gasteiger partial charge in [0.2, 0.25) is 0 Å². The number of hydrogen-bond donors (Lipinski definition) is 1. The summed E-state index contributed by atoms with van der Waals surface area (Å²) in [4.78, 5) is 0. The van der Waals surface area contributed by atoms with Crippen molar-refractivity contribution in [3.8, 4) is 5.75 Å². The van der Waals surface area contributed by atoms with Gasteiger partial charge < -0.3 is 14.6 Å². The molecule has 3 nitrogen and oxygen atoms in total. The van der Waals surface area contributed by atoms with E-state index in [0.29, 0.717) is 5.75 Å². The van der Waals surface area contributed by atoms with E-state index in [1.807, 2.05) is 32.0 Å². The Labute approximate surface area is 96.0 Å². The second kappa shape index (κ2) is 4.44. The van der Waals surface area contributed by atoms with E-state index in [1.165, 1.54) is 0 Å². The maximum absolute atomic E-state index is 9.83. The minimum atomic E-state index is -0.226. The highest BCUT2D eigenvalue weighted by Crippen LogP contribution is 2.38. The van der Waals surface area contributed by atoms with Crippen LogP contribution in [-0.4, -0.2) is 17.5 Å². The lowest BCUT2D eigenvalue weighted by Gasteiger charge is -2.38. The molecule has 0 amide bonds. The molecule has 1 aliphatic heterocycles. The van der Waals surface area contributed by atoms with E-state index in [0.717, 1.165) is 5.56 Å². The largest absolute Gasteiger partial charge is 0.508 e. The first kappa shape index (κ1) is 11.4. The van der Waals surface area contributed by atoms with Gasteiger partial charge in [-0.3, -0.25) is 0 Å². The highest BCUT2D eigenvalue weighted by atomic mass is 16.7. The summed E-state index contributed by atoms with van der Waals surface area (Å²) in [6, 6.07) is 7.32. The predicted octanol–water partition coefficient (Wildman–Crippen LogP) is 2.85. The molecule has 1 N–H and O–H groups in total. The van der Waals surface area contributed by atoms with Crippen LogP contribution in [0.2, 0.25) is 0 Å². The predicted molar refractivity (Wildman–Crippen MR) is 61.1 cm³/mol. The first-order valence-corrected chi connectivity index (χ1v) is 5.68. The molecule has 0 radical (unpaired) electrons. The van der Waals surface area contributed by atoms with Crippen LogP contribution in [0.3, 0.4) is 0 Å². The molecule has 0 unspecified atom stereocenters. The molecule has 3 heteroatoms. The Morgan fingerprint density at radius 3 is 2.44 bits per heavy atom. The molecule has 1 saturated heterocycles. The van der Waals surface area contributed by atoms with Crippen molar-refractivity contribution in [1.29, 1.82) is 0 Å². The van der Waals surface area contributed by atoms with Crippen molar-refractivity contribution in [3.63, 3.8) is 0 Å². The molecule has 1 aliphatic rings. The maximum Gasteiger partial charge on any atom is 0.156 e. The van der Waals surface area contributed by atoms with Crippen LogP contribution in [0.1, 0.15) is 32.4 Å². The Kier molecular flexibility index (Phi) is 3.17.